The van der Waals surface area contributed by atoms with Gasteiger partial charge in [-0.25, -0.2) is 0 Å². The minimum Gasteiger partial charge on any atom is -0.376 e. The van der Waals surface area contributed by atoms with Gasteiger partial charge < -0.3 is 20.4 Å². The fourth-order valence-electron chi connectivity index (χ4n) is 2.79. The van der Waals surface area contributed by atoms with Gasteiger partial charge in [0, 0.05) is 49.7 Å². The summed E-state index contributed by atoms with van der Waals surface area (Å²) in [7, 11) is 1.69. The maximum atomic E-state index is 12.5. The second kappa shape index (κ2) is 10.3. The first-order chi connectivity index (χ1) is 13.8. The molecule has 0 aliphatic carbocycles. The van der Waals surface area contributed by atoms with Gasteiger partial charge in [0.2, 0.25) is 11.8 Å². The minimum atomic E-state index is -0.210. The van der Waals surface area contributed by atoms with Gasteiger partial charge in [-0.15, -0.1) is 0 Å². The number of nitrogens with one attached hydrogen (secondary N) is 2. The Kier molecular flexibility index (Phi) is 7.77. The normalized spacial score (nSPS) is 10.2. The molecule has 2 aromatic rings. The number of amides is 3. The number of anilines is 3. The lowest BCUT2D eigenvalue weighted by molar-refractivity contribution is -0.116. The Hall–Kier alpha value is -3.35. The van der Waals surface area contributed by atoms with Gasteiger partial charge in [-0.05, 0) is 56.3 Å². The second-order valence-electron chi connectivity index (χ2n) is 6.58. The summed E-state index contributed by atoms with van der Waals surface area (Å²) in [6.07, 6.45) is 0. The molecule has 3 amide bonds. The van der Waals surface area contributed by atoms with Crippen LogP contribution in [0.15, 0.2) is 48.5 Å². The summed E-state index contributed by atoms with van der Waals surface area (Å²) in [6.45, 7) is 6.74. The highest BCUT2D eigenvalue weighted by atomic mass is 16.2. The van der Waals surface area contributed by atoms with Gasteiger partial charge in [0.05, 0.1) is 6.54 Å². The van der Waals surface area contributed by atoms with Gasteiger partial charge >= 0.3 is 0 Å². The minimum absolute atomic E-state index is 0.0290. The molecule has 0 spiro atoms. The zero-order chi connectivity index (χ0) is 21.4. The van der Waals surface area contributed by atoms with Crippen LogP contribution < -0.4 is 15.5 Å². The van der Waals surface area contributed by atoms with Gasteiger partial charge in [-0.2, -0.15) is 0 Å². The molecule has 0 aromatic heterocycles. The SMILES string of the molecule is CCN(CC)C(=O)c1cccc(NCC(=O)Nc2ccc(N(C)C(C)=O)cc2)c1. The van der Waals surface area contributed by atoms with Crippen molar-refractivity contribution in [3.05, 3.63) is 54.1 Å². The fraction of sp³-hybridized carbons (Fsp3) is 0.318. The average molecular weight is 396 g/mol. The van der Waals surface area contributed by atoms with E-state index in [9.17, 15) is 14.4 Å². The number of hydrogen-bond acceptors (Lipinski definition) is 4. The van der Waals surface area contributed by atoms with Crippen molar-refractivity contribution in [2.75, 3.05) is 42.2 Å². The van der Waals surface area contributed by atoms with E-state index in [1.165, 1.54) is 11.8 Å². The highest BCUT2D eigenvalue weighted by Gasteiger charge is 2.13. The Balaban J connectivity index is 1.93. The maximum absolute atomic E-state index is 12.5. The van der Waals surface area contributed by atoms with E-state index in [1.807, 2.05) is 19.9 Å². The van der Waals surface area contributed by atoms with Crippen LogP contribution in [0.1, 0.15) is 31.1 Å². The molecule has 0 aliphatic rings. The molecule has 2 rings (SSSR count). The third kappa shape index (κ3) is 6.07. The molecule has 0 aliphatic heterocycles. The number of hydrogen-bond donors (Lipinski definition) is 2. The summed E-state index contributed by atoms with van der Waals surface area (Å²) in [4.78, 5) is 39.3. The standard InChI is InChI=1S/C22H28N4O3/c1-5-26(6-2)22(29)17-8-7-9-19(14-17)23-15-21(28)24-18-10-12-20(13-11-18)25(4)16(3)27/h7-14,23H,5-6,15H2,1-4H3,(H,24,28). The van der Waals surface area contributed by atoms with E-state index in [-0.39, 0.29) is 24.3 Å². The maximum Gasteiger partial charge on any atom is 0.253 e. The van der Waals surface area contributed by atoms with E-state index < -0.39 is 0 Å². The van der Waals surface area contributed by atoms with E-state index in [2.05, 4.69) is 10.6 Å². The lowest BCUT2D eigenvalue weighted by Crippen LogP contribution is -2.30. The summed E-state index contributed by atoms with van der Waals surface area (Å²) in [5, 5.41) is 5.85. The van der Waals surface area contributed by atoms with E-state index >= 15 is 0 Å². The van der Waals surface area contributed by atoms with E-state index in [1.54, 1.807) is 54.4 Å². The van der Waals surface area contributed by atoms with Crippen molar-refractivity contribution in [3.63, 3.8) is 0 Å². The summed E-state index contributed by atoms with van der Waals surface area (Å²) >= 11 is 0. The zero-order valence-corrected chi connectivity index (χ0v) is 17.4. The third-order valence-corrected chi connectivity index (χ3v) is 4.62. The molecule has 2 N–H and O–H groups in total. The van der Waals surface area contributed by atoms with Crippen LogP contribution in [0, 0.1) is 0 Å². The molecule has 0 saturated heterocycles. The third-order valence-electron chi connectivity index (χ3n) is 4.62. The molecule has 0 unspecified atom stereocenters. The Morgan fingerprint density at radius 1 is 0.931 bits per heavy atom. The predicted molar refractivity (Wildman–Crippen MR) is 116 cm³/mol. The fourth-order valence-corrected chi connectivity index (χ4v) is 2.79. The lowest BCUT2D eigenvalue weighted by atomic mass is 10.1. The molecule has 0 radical (unpaired) electrons. The number of nitrogens with zero attached hydrogens (tertiary/aromatic N) is 2. The van der Waals surface area contributed by atoms with Crippen molar-refractivity contribution in [2.45, 2.75) is 20.8 Å². The lowest BCUT2D eigenvalue weighted by Gasteiger charge is -2.19. The molecular formula is C22H28N4O3. The number of benzene rings is 2. The molecule has 29 heavy (non-hydrogen) atoms. The molecule has 0 heterocycles. The van der Waals surface area contributed by atoms with Crippen LogP contribution in [0.3, 0.4) is 0 Å². The Bertz CT molecular complexity index is 861. The van der Waals surface area contributed by atoms with Gasteiger partial charge in [-0.3, -0.25) is 14.4 Å². The largest absolute Gasteiger partial charge is 0.376 e. The van der Waals surface area contributed by atoms with E-state index in [0.717, 1.165) is 5.69 Å². The van der Waals surface area contributed by atoms with Gasteiger partial charge in [0.25, 0.3) is 5.91 Å². The van der Waals surface area contributed by atoms with Crippen molar-refractivity contribution in [1.82, 2.24) is 4.90 Å². The predicted octanol–water partition coefficient (Wildman–Crippen LogP) is 3.20. The topological polar surface area (TPSA) is 81.8 Å². The molecule has 0 bridgehead atoms. The summed E-state index contributed by atoms with van der Waals surface area (Å²) < 4.78 is 0. The molecule has 154 valence electrons. The summed E-state index contributed by atoms with van der Waals surface area (Å²) in [5.74, 6) is -0.301. The molecule has 0 saturated carbocycles. The number of rotatable bonds is 8. The van der Waals surface area contributed by atoms with Gasteiger partial charge in [-0.1, -0.05) is 6.07 Å². The molecule has 7 heteroatoms. The molecule has 7 nitrogen and oxygen atoms in total. The van der Waals surface area contributed by atoms with E-state index in [0.29, 0.717) is 30.0 Å². The van der Waals surface area contributed by atoms with Crippen LogP contribution in [0.4, 0.5) is 17.1 Å². The molecule has 2 aromatic carbocycles. The number of carbonyl (C=O) groups is 3. The van der Waals surface area contributed by atoms with Crippen molar-refractivity contribution in [2.24, 2.45) is 0 Å². The second-order valence-corrected chi connectivity index (χ2v) is 6.58. The Morgan fingerprint density at radius 2 is 1.59 bits per heavy atom. The van der Waals surface area contributed by atoms with Gasteiger partial charge in [0.15, 0.2) is 0 Å². The van der Waals surface area contributed by atoms with Crippen LogP contribution in [0.2, 0.25) is 0 Å². The van der Waals surface area contributed by atoms with E-state index in [4.69, 9.17) is 0 Å². The van der Waals surface area contributed by atoms with Crippen LogP contribution in [-0.2, 0) is 9.59 Å². The smallest absolute Gasteiger partial charge is 0.253 e. The first-order valence-corrected chi connectivity index (χ1v) is 9.63. The molecule has 0 atom stereocenters. The van der Waals surface area contributed by atoms with Crippen LogP contribution in [-0.4, -0.2) is 49.3 Å². The van der Waals surface area contributed by atoms with Crippen LogP contribution in [0.25, 0.3) is 0 Å². The highest BCUT2D eigenvalue weighted by Crippen LogP contribution is 2.17. The van der Waals surface area contributed by atoms with Crippen LogP contribution >= 0.6 is 0 Å². The first-order valence-electron chi connectivity index (χ1n) is 9.63. The first kappa shape index (κ1) is 21.9. The zero-order valence-electron chi connectivity index (χ0n) is 17.4. The summed E-state index contributed by atoms with van der Waals surface area (Å²) in [5.41, 5.74) is 2.69. The summed E-state index contributed by atoms with van der Waals surface area (Å²) in [6, 6.07) is 14.2. The van der Waals surface area contributed by atoms with Crippen LogP contribution in [0.5, 0.6) is 0 Å². The van der Waals surface area contributed by atoms with Crippen molar-refractivity contribution in [1.29, 1.82) is 0 Å². The average Bonchev–Trinajstić information content (AvgIpc) is 2.73. The van der Waals surface area contributed by atoms with Crippen molar-refractivity contribution >= 4 is 34.8 Å². The molecule has 0 fully saturated rings. The number of carbonyl (C=O) groups excluding carboxylic acids is 3. The quantitative estimate of drug-likeness (QED) is 0.718. The Labute approximate surface area is 171 Å². The van der Waals surface area contributed by atoms with Crippen molar-refractivity contribution < 1.29 is 14.4 Å². The Morgan fingerprint density at radius 3 is 2.17 bits per heavy atom. The molecular weight excluding hydrogens is 368 g/mol. The monoisotopic (exact) mass is 396 g/mol. The highest BCUT2D eigenvalue weighted by molar-refractivity contribution is 5.96. The van der Waals surface area contributed by atoms with Gasteiger partial charge in [0.1, 0.15) is 0 Å². The van der Waals surface area contributed by atoms with Crippen molar-refractivity contribution in [3.8, 4) is 0 Å².